The monoisotopic (exact) mass is 311 g/mol. The van der Waals surface area contributed by atoms with Gasteiger partial charge in [0.1, 0.15) is 17.0 Å². The van der Waals surface area contributed by atoms with Crippen LogP contribution in [0.3, 0.4) is 0 Å². The van der Waals surface area contributed by atoms with Gasteiger partial charge in [-0.05, 0) is 30.4 Å². The zero-order valence-corrected chi connectivity index (χ0v) is 13.3. The number of benzene rings is 1. The molecule has 2 aromatic rings. The lowest BCUT2D eigenvalue weighted by Crippen LogP contribution is -2.33. The van der Waals surface area contributed by atoms with Gasteiger partial charge in [0.2, 0.25) is 0 Å². The molecule has 0 saturated carbocycles. The third-order valence-corrected chi connectivity index (χ3v) is 4.54. The Balaban J connectivity index is 2.04. The van der Waals surface area contributed by atoms with Crippen molar-refractivity contribution in [3.05, 3.63) is 47.1 Å². The van der Waals surface area contributed by atoms with Gasteiger partial charge in [0.25, 0.3) is 0 Å². The van der Waals surface area contributed by atoms with Gasteiger partial charge in [-0.1, -0.05) is 48.9 Å². The van der Waals surface area contributed by atoms with Crippen LogP contribution in [-0.2, 0) is 0 Å². The summed E-state index contributed by atoms with van der Waals surface area (Å²) in [6.07, 6.45) is 2.33. The van der Waals surface area contributed by atoms with E-state index in [2.05, 4.69) is 22.9 Å². The van der Waals surface area contributed by atoms with Crippen LogP contribution in [0.4, 0.5) is 5.82 Å². The molecule has 0 bridgehead atoms. The number of piperidine rings is 1. The predicted octanol–water partition coefficient (Wildman–Crippen LogP) is 4.51. The van der Waals surface area contributed by atoms with Crippen LogP contribution in [0, 0.1) is 17.2 Å². The molecule has 1 aliphatic rings. The van der Waals surface area contributed by atoms with Crippen molar-refractivity contribution in [3.8, 4) is 17.2 Å². The van der Waals surface area contributed by atoms with Crippen LogP contribution in [0.5, 0.6) is 0 Å². The first kappa shape index (κ1) is 14.9. The predicted molar refractivity (Wildman–Crippen MR) is 90.0 cm³/mol. The molecule has 0 N–H and O–H groups in total. The Morgan fingerprint density at radius 1 is 1.23 bits per heavy atom. The molecule has 0 amide bonds. The van der Waals surface area contributed by atoms with Crippen molar-refractivity contribution in [2.75, 3.05) is 18.0 Å². The average Bonchev–Trinajstić information content (AvgIpc) is 2.55. The summed E-state index contributed by atoms with van der Waals surface area (Å²) in [7, 11) is 0. The van der Waals surface area contributed by atoms with E-state index in [0.29, 0.717) is 5.56 Å². The second-order valence-corrected chi connectivity index (χ2v) is 6.20. The highest BCUT2D eigenvalue weighted by Crippen LogP contribution is 2.32. The van der Waals surface area contributed by atoms with Gasteiger partial charge in [0.05, 0.1) is 5.56 Å². The molecule has 1 aromatic carbocycles. The van der Waals surface area contributed by atoms with Crippen molar-refractivity contribution >= 4 is 17.4 Å². The number of rotatable bonds is 2. The molecule has 0 atom stereocenters. The molecule has 1 aromatic heterocycles. The van der Waals surface area contributed by atoms with E-state index < -0.39 is 0 Å². The smallest absolute Gasteiger partial charge is 0.149 e. The van der Waals surface area contributed by atoms with E-state index in [1.165, 1.54) is 12.8 Å². The van der Waals surface area contributed by atoms with Crippen molar-refractivity contribution in [1.29, 1.82) is 5.26 Å². The molecule has 2 heterocycles. The van der Waals surface area contributed by atoms with Gasteiger partial charge in [-0.3, -0.25) is 0 Å². The van der Waals surface area contributed by atoms with Crippen molar-refractivity contribution < 1.29 is 0 Å². The number of nitriles is 1. The topological polar surface area (TPSA) is 39.9 Å². The van der Waals surface area contributed by atoms with E-state index in [0.717, 1.165) is 36.0 Å². The molecule has 3 nitrogen and oxygen atoms in total. The van der Waals surface area contributed by atoms with Gasteiger partial charge in [-0.25, -0.2) is 4.98 Å². The molecule has 22 heavy (non-hydrogen) atoms. The number of aromatic nitrogens is 1. The van der Waals surface area contributed by atoms with Crippen molar-refractivity contribution in [1.82, 2.24) is 4.98 Å². The second kappa shape index (κ2) is 6.37. The number of halogens is 1. The highest BCUT2D eigenvalue weighted by atomic mass is 35.5. The minimum atomic E-state index is 0.289. The Labute approximate surface area is 136 Å². The SMILES string of the molecule is CC1CCN(c2cc(-c3ccccc3)c(C#N)c(Cl)n2)CC1. The molecule has 1 saturated heterocycles. The third-order valence-electron chi connectivity index (χ3n) is 4.27. The van der Waals surface area contributed by atoms with Crippen molar-refractivity contribution in [3.63, 3.8) is 0 Å². The van der Waals surface area contributed by atoms with Crippen LogP contribution < -0.4 is 4.90 Å². The van der Waals surface area contributed by atoms with Crippen LogP contribution >= 0.6 is 11.6 Å². The molecule has 0 aliphatic carbocycles. The van der Waals surface area contributed by atoms with E-state index in [4.69, 9.17) is 11.6 Å². The van der Waals surface area contributed by atoms with E-state index in [9.17, 15) is 5.26 Å². The standard InChI is InChI=1S/C18H18ClN3/c1-13-7-9-22(10-8-13)17-11-15(14-5-3-2-4-6-14)16(12-20)18(19)21-17/h2-6,11,13H,7-10H2,1H3. The van der Waals surface area contributed by atoms with Crippen LogP contribution in [0.25, 0.3) is 11.1 Å². The normalized spacial score (nSPS) is 15.6. The molecule has 1 aliphatic heterocycles. The molecule has 0 unspecified atom stereocenters. The average molecular weight is 312 g/mol. The Morgan fingerprint density at radius 3 is 2.55 bits per heavy atom. The molecule has 112 valence electrons. The fourth-order valence-electron chi connectivity index (χ4n) is 2.85. The van der Waals surface area contributed by atoms with E-state index in [1.807, 2.05) is 36.4 Å². The first-order chi connectivity index (χ1) is 10.7. The zero-order chi connectivity index (χ0) is 15.5. The van der Waals surface area contributed by atoms with E-state index in [1.54, 1.807) is 0 Å². The number of anilines is 1. The number of hydrogen-bond acceptors (Lipinski definition) is 3. The summed E-state index contributed by atoms with van der Waals surface area (Å²) >= 11 is 6.27. The summed E-state index contributed by atoms with van der Waals surface area (Å²) in [5, 5.41) is 9.70. The van der Waals surface area contributed by atoms with Gasteiger partial charge >= 0.3 is 0 Å². The third kappa shape index (κ3) is 2.93. The summed E-state index contributed by atoms with van der Waals surface area (Å²) in [5.41, 5.74) is 2.30. The Bertz CT molecular complexity index is 698. The maximum Gasteiger partial charge on any atom is 0.149 e. The summed E-state index contributed by atoms with van der Waals surface area (Å²) in [6, 6.07) is 14.1. The first-order valence-electron chi connectivity index (χ1n) is 7.60. The maximum absolute atomic E-state index is 9.41. The van der Waals surface area contributed by atoms with Gasteiger partial charge < -0.3 is 4.90 Å². The van der Waals surface area contributed by atoms with Crippen LogP contribution in [0.2, 0.25) is 5.15 Å². The number of hydrogen-bond donors (Lipinski definition) is 0. The van der Waals surface area contributed by atoms with Gasteiger partial charge in [-0.15, -0.1) is 0 Å². The second-order valence-electron chi connectivity index (χ2n) is 5.84. The van der Waals surface area contributed by atoms with E-state index >= 15 is 0 Å². The molecule has 3 rings (SSSR count). The van der Waals surface area contributed by atoms with Crippen LogP contribution in [0.1, 0.15) is 25.3 Å². The molecule has 0 spiro atoms. The van der Waals surface area contributed by atoms with Crippen LogP contribution in [-0.4, -0.2) is 18.1 Å². The Morgan fingerprint density at radius 2 is 1.91 bits per heavy atom. The molecule has 4 heteroatoms. The number of pyridine rings is 1. The summed E-state index contributed by atoms with van der Waals surface area (Å²) < 4.78 is 0. The van der Waals surface area contributed by atoms with Crippen LogP contribution in [0.15, 0.2) is 36.4 Å². The lowest BCUT2D eigenvalue weighted by Gasteiger charge is -2.31. The largest absolute Gasteiger partial charge is 0.357 e. The maximum atomic E-state index is 9.41. The van der Waals surface area contributed by atoms with Crippen molar-refractivity contribution in [2.24, 2.45) is 5.92 Å². The molecule has 0 radical (unpaired) electrons. The molecule has 1 fully saturated rings. The van der Waals surface area contributed by atoms with Gasteiger partial charge in [0.15, 0.2) is 0 Å². The van der Waals surface area contributed by atoms with Gasteiger partial charge in [0, 0.05) is 18.7 Å². The lowest BCUT2D eigenvalue weighted by atomic mass is 9.98. The first-order valence-corrected chi connectivity index (χ1v) is 7.98. The fourth-order valence-corrected chi connectivity index (χ4v) is 3.08. The summed E-state index contributed by atoms with van der Waals surface area (Å²) in [5.74, 6) is 1.63. The zero-order valence-electron chi connectivity index (χ0n) is 12.6. The van der Waals surface area contributed by atoms with E-state index in [-0.39, 0.29) is 5.15 Å². The minimum Gasteiger partial charge on any atom is -0.357 e. The molecular weight excluding hydrogens is 294 g/mol. The highest BCUT2D eigenvalue weighted by molar-refractivity contribution is 6.31. The summed E-state index contributed by atoms with van der Waals surface area (Å²) in [4.78, 5) is 6.71. The lowest BCUT2D eigenvalue weighted by molar-refractivity contribution is 0.436. The highest BCUT2D eigenvalue weighted by Gasteiger charge is 2.20. The summed E-state index contributed by atoms with van der Waals surface area (Å²) in [6.45, 7) is 4.27. The quantitative estimate of drug-likeness (QED) is 0.766. The fraction of sp³-hybridized carbons (Fsp3) is 0.333. The number of nitrogens with zero attached hydrogens (tertiary/aromatic N) is 3. The molecular formula is C18H18ClN3. The van der Waals surface area contributed by atoms with Crippen molar-refractivity contribution in [2.45, 2.75) is 19.8 Å². The van der Waals surface area contributed by atoms with Gasteiger partial charge in [-0.2, -0.15) is 5.26 Å². The Kier molecular flexibility index (Phi) is 4.31. The minimum absolute atomic E-state index is 0.289. The Hall–Kier alpha value is -2.05.